The van der Waals surface area contributed by atoms with E-state index in [-0.39, 0.29) is 0 Å². The van der Waals surface area contributed by atoms with Crippen LogP contribution < -0.4 is 5.32 Å². The molecule has 0 aliphatic rings. The summed E-state index contributed by atoms with van der Waals surface area (Å²) < 4.78 is 0. The Kier molecular flexibility index (Phi) is 2.63. The van der Waals surface area contributed by atoms with Crippen LogP contribution in [-0.4, -0.2) is 9.97 Å². The summed E-state index contributed by atoms with van der Waals surface area (Å²) in [5.41, 5.74) is 2.23. The van der Waals surface area contributed by atoms with E-state index >= 15 is 0 Å². The van der Waals surface area contributed by atoms with Crippen molar-refractivity contribution >= 4 is 11.6 Å². The maximum atomic E-state index is 4.26. The zero-order chi connectivity index (χ0) is 10.7. The molecule has 0 aliphatic heterocycles. The Balaban J connectivity index is 2.30. The van der Waals surface area contributed by atoms with Gasteiger partial charge in [-0.15, -0.1) is 0 Å². The maximum Gasteiger partial charge on any atom is 0.134 e. The highest BCUT2D eigenvalue weighted by Crippen LogP contribution is 2.17. The molecule has 0 aliphatic carbocycles. The third-order valence-electron chi connectivity index (χ3n) is 2.26. The van der Waals surface area contributed by atoms with Crippen LogP contribution in [-0.2, 0) is 0 Å². The normalized spacial score (nSPS) is 10.0. The minimum Gasteiger partial charge on any atom is -0.325 e. The predicted molar refractivity (Wildman–Crippen MR) is 61.2 cm³/mol. The lowest BCUT2D eigenvalue weighted by atomic mass is 10.2. The van der Waals surface area contributed by atoms with Crippen molar-refractivity contribution in [3.05, 3.63) is 47.8 Å². The molecule has 2 heterocycles. The van der Waals surface area contributed by atoms with Crippen LogP contribution in [0.4, 0.5) is 11.6 Å². The average molecular weight is 199 g/mol. The van der Waals surface area contributed by atoms with E-state index in [9.17, 15) is 0 Å². The number of nitrogens with one attached hydrogen (secondary N) is 1. The second kappa shape index (κ2) is 4.09. The number of hydrogen-bond acceptors (Lipinski definition) is 3. The second-order valence-corrected chi connectivity index (χ2v) is 3.46. The SMILES string of the molecule is Cc1cccnc1Nc1ncccc1C. The quantitative estimate of drug-likeness (QED) is 0.808. The molecule has 0 spiro atoms. The smallest absolute Gasteiger partial charge is 0.134 e. The first-order chi connectivity index (χ1) is 7.27. The molecule has 3 heteroatoms. The fourth-order valence-corrected chi connectivity index (χ4v) is 1.35. The van der Waals surface area contributed by atoms with Gasteiger partial charge in [-0.3, -0.25) is 0 Å². The fraction of sp³-hybridized carbons (Fsp3) is 0.167. The Morgan fingerprint density at radius 3 is 1.73 bits per heavy atom. The van der Waals surface area contributed by atoms with E-state index in [1.165, 1.54) is 0 Å². The highest BCUT2D eigenvalue weighted by molar-refractivity contribution is 5.58. The zero-order valence-electron chi connectivity index (χ0n) is 8.86. The van der Waals surface area contributed by atoms with Gasteiger partial charge in [0.05, 0.1) is 0 Å². The van der Waals surface area contributed by atoms with Gasteiger partial charge in [-0.1, -0.05) is 12.1 Å². The van der Waals surface area contributed by atoms with Gasteiger partial charge in [0.25, 0.3) is 0 Å². The molecule has 0 saturated carbocycles. The van der Waals surface area contributed by atoms with E-state index in [1.54, 1.807) is 12.4 Å². The van der Waals surface area contributed by atoms with Crippen molar-refractivity contribution in [2.24, 2.45) is 0 Å². The first-order valence-electron chi connectivity index (χ1n) is 4.87. The number of nitrogens with zero attached hydrogens (tertiary/aromatic N) is 2. The summed E-state index contributed by atoms with van der Waals surface area (Å²) in [6.07, 6.45) is 3.54. The summed E-state index contributed by atoms with van der Waals surface area (Å²) in [7, 11) is 0. The molecule has 0 amide bonds. The summed E-state index contributed by atoms with van der Waals surface area (Å²) in [5.74, 6) is 1.72. The lowest BCUT2D eigenvalue weighted by Crippen LogP contribution is -1.99. The summed E-state index contributed by atoms with van der Waals surface area (Å²) in [4.78, 5) is 8.53. The van der Waals surface area contributed by atoms with E-state index in [2.05, 4.69) is 15.3 Å². The van der Waals surface area contributed by atoms with Crippen LogP contribution in [0.15, 0.2) is 36.7 Å². The van der Waals surface area contributed by atoms with Crippen molar-refractivity contribution in [2.45, 2.75) is 13.8 Å². The fourth-order valence-electron chi connectivity index (χ4n) is 1.35. The molecular formula is C12H13N3. The van der Waals surface area contributed by atoms with Crippen LogP contribution in [0.5, 0.6) is 0 Å². The summed E-state index contributed by atoms with van der Waals surface area (Å²) in [6, 6.07) is 7.89. The molecular weight excluding hydrogens is 186 g/mol. The Hall–Kier alpha value is -1.90. The molecule has 1 N–H and O–H groups in total. The van der Waals surface area contributed by atoms with Crippen molar-refractivity contribution in [1.82, 2.24) is 9.97 Å². The van der Waals surface area contributed by atoms with Gasteiger partial charge in [0, 0.05) is 12.4 Å². The molecule has 0 atom stereocenters. The van der Waals surface area contributed by atoms with Crippen LogP contribution in [0.3, 0.4) is 0 Å². The third-order valence-corrected chi connectivity index (χ3v) is 2.26. The van der Waals surface area contributed by atoms with Crippen LogP contribution in [0, 0.1) is 13.8 Å². The molecule has 0 aromatic carbocycles. The van der Waals surface area contributed by atoms with Gasteiger partial charge in [0.15, 0.2) is 0 Å². The molecule has 76 valence electrons. The number of pyridine rings is 2. The average Bonchev–Trinajstić information content (AvgIpc) is 2.24. The Morgan fingerprint density at radius 2 is 1.33 bits per heavy atom. The molecule has 3 nitrogen and oxygen atoms in total. The molecule has 0 bridgehead atoms. The minimum absolute atomic E-state index is 0.860. The van der Waals surface area contributed by atoms with Crippen LogP contribution in [0.25, 0.3) is 0 Å². The van der Waals surface area contributed by atoms with Gasteiger partial charge in [-0.25, -0.2) is 9.97 Å². The molecule has 0 unspecified atom stereocenters. The number of aromatic nitrogens is 2. The highest BCUT2D eigenvalue weighted by Gasteiger charge is 2.01. The van der Waals surface area contributed by atoms with Gasteiger partial charge in [0.1, 0.15) is 11.6 Å². The highest BCUT2D eigenvalue weighted by atomic mass is 15.1. The van der Waals surface area contributed by atoms with Crippen LogP contribution in [0.1, 0.15) is 11.1 Å². The Morgan fingerprint density at radius 1 is 0.867 bits per heavy atom. The number of aryl methyl sites for hydroxylation is 2. The standard InChI is InChI=1S/C12H13N3/c1-9-5-3-7-13-11(9)15-12-10(2)6-4-8-14-12/h3-8H,1-2H3,(H,13,14,15). The maximum absolute atomic E-state index is 4.26. The first kappa shape index (κ1) is 9.65. The number of rotatable bonds is 2. The van der Waals surface area contributed by atoms with E-state index in [0.29, 0.717) is 0 Å². The van der Waals surface area contributed by atoms with Crippen molar-refractivity contribution in [1.29, 1.82) is 0 Å². The van der Waals surface area contributed by atoms with Crippen LogP contribution >= 0.6 is 0 Å². The van der Waals surface area contributed by atoms with Gasteiger partial charge >= 0.3 is 0 Å². The van der Waals surface area contributed by atoms with Gasteiger partial charge in [0.2, 0.25) is 0 Å². The van der Waals surface area contributed by atoms with Gasteiger partial charge in [-0.2, -0.15) is 0 Å². The Bertz CT molecular complexity index is 422. The monoisotopic (exact) mass is 199 g/mol. The van der Waals surface area contributed by atoms with E-state index in [4.69, 9.17) is 0 Å². The van der Waals surface area contributed by atoms with Crippen molar-refractivity contribution < 1.29 is 0 Å². The number of hydrogen-bond donors (Lipinski definition) is 1. The summed E-state index contributed by atoms with van der Waals surface area (Å²) in [5, 5.41) is 3.22. The molecule has 2 aromatic rings. The molecule has 0 fully saturated rings. The molecule has 2 aromatic heterocycles. The predicted octanol–water partition coefficient (Wildman–Crippen LogP) is 2.84. The number of anilines is 2. The van der Waals surface area contributed by atoms with E-state index in [1.807, 2.05) is 38.1 Å². The topological polar surface area (TPSA) is 37.8 Å². The minimum atomic E-state index is 0.860. The molecule has 0 saturated heterocycles. The Labute approximate surface area is 89.2 Å². The van der Waals surface area contributed by atoms with Gasteiger partial charge < -0.3 is 5.32 Å². The lowest BCUT2D eigenvalue weighted by Gasteiger charge is -2.08. The second-order valence-electron chi connectivity index (χ2n) is 3.46. The lowest BCUT2D eigenvalue weighted by molar-refractivity contribution is 1.20. The summed E-state index contributed by atoms with van der Waals surface area (Å²) in [6.45, 7) is 4.04. The molecule has 15 heavy (non-hydrogen) atoms. The van der Waals surface area contributed by atoms with E-state index < -0.39 is 0 Å². The third kappa shape index (κ3) is 2.13. The van der Waals surface area contributed by atoms with Gasteiger partial charge in [-0.05, 0) is 37.1 Å². The van der Waals surface area contributed by atoms with Crippen molar-refractivity contribution in [2.75, 3.05) is 5.32 Å². The van der Waals surface area contributed by atoms with Crippen LogP contribution in [0.2, 0.25) is 0 Å². The largest absolute Gasteiger partial charge is 0.325 e. The zero-order valence-corrected chi connectivity index (χ0v) is 8.86. The van der Waals surface area contributed by atoms with Crippen molar-refractivity contribution in [3.63, 3.8) is 0 Å². The van der Waals surface area contributed by atoms with Crippen molar-refractivity contribution in [3.8, 4) is 0 Å². The molecule has 0 radical (unpaired) electrons. The molecule has 2 rings (SSSR count). The van der Waals surface area contributed by atoms with E-state index in [0.717, 1.165) is 22.8 Å². The first-order valence-corrected chi connectivity index (χ1v) is 4.87. The summed E-state index contributed by atoms with van der Waals surface area (Å²) >= 11 is 0.